The standard InChI is InChI=1S/C31H38N4O8S/c1-19(28(17-32)44(39,40)34-29-20(2)42-27(18-36)30(37)31(29)38)25-7-8-26(43-25)23-4-3-22-16-24(6-5-21(22)15-23)33-9-10-35-11-13-41-14-12-35/h3-8,15-16,20,27,29-31,33-34,36-38H,9-14,18H2,1-2H3/b28-19+/t20?,27-,29+,30-,31-/m1/s1. The number of anilines is 1. The summed E-state index contributed by atoms with van der Waals surface area (Å²) in [6.45, 7) is 7.66. The van der Waals surface area contributed by atoms with Gasteiger partial charge in [-0.15, -0.1) is 0 Å². The van der Waals surface area contributed by atoms with Crippen molar-refractivity contribution < 1.29 is 37.6 Å². The van der Waals surface area contributed by atoms with Crippen LogP contribution in [0.4, 0.5) is 5.69 Å². The lowest BCUT2D eigenvalue weighted by molar-refractivity contribution is -0.186. The van der Waals surface area contributed by atoms with Crippen molar-refractivity contribution in [2.75, 3.05) is 51.3 Å². The topological polar surface area (TPSA) is 178 Å². The Kier molecular flexibility index (Phi) is 10.0. The molecule has 236 valence electrons. The molecule has 3 heterocycles. The number of aliphatic hydroxyl groups is 3. The summed E-state index contributed by atoms with van der Waals surface area (Å²) in [5.74, 6) is 0.690. The fourth-order valence-corrected chi connectivity index (χ4v) is 6.98. The molecule has 2 fully saturated rings. The van der Waals surface area contributed by atoms with E-state index in [1.165, 1.54) is 13.8 Å². The average Bonchev–Trinajstić information content (AvgIpc) is 3.52. The fourth-order valence-electron chi connectivity index (χ4n) is 5.55. The van der Waals surface area contributed by atoms with Crippen molar-refractivity contribution in [1.29, 1.82) is 5.26 Å². The van der Waals surface area contributed by atoms with E-state index in [1.807, 2.05) is 30.3 Å². The Hall–Kier alpha value is -3.32. The van der Waals surface area contributed by atoms with Gasteiger partial charge < -0.3 is 34.5 Å². The van der Waals surface area contributed by atoms with Gasteiger partial charge in [-0.05, 0) is 55.0 Å². The predicted octanol–water partition coefficient (Wildman–Crippen LogP) is 1.89. The summed E-state index contributed by atoms with van der Waals surface area (Å²) in [5.41, 5.74) is 1.89. The summed E-state index contributed by atoms with van der Waals surface area (Å²) < 4.78 is 45.6. The van der Waals surface area contributed by atoms with Crippen molar-refractivity contribution in [2.24, 2.45) is 0 Å². The van der Waals surface area contributed by atoms with E-state index >= 15 is 0 Å². The van der Waals surface area contributed by atoms with E-state index in [1.54, 1.807) is 18.2 Å². The Morgan fingerprint density at radius 2 is 1.80 bits per heavy atom. The molecule has 2 saturated heterocycles. The zero-order valence-corrected chi connectivity index (χ0v) is 25.5. The molecule has 0 spiro atoms. The van der Waals surface area contributed by atoms with Crippen LogP contribution in [0.25, 0.3) is 27.7 Å². The van der Waals surface area contributed by atoms with Gasteiger partial charge in [0.25, 0.3) is 10.0 Å². The van der Waals surface area contributed by atoms with E-state index in [4.69, 9.17) is 13.9 Å². The lowest BCUT2D eigenvalue weighted by atomic mass is 9.94. The molecule has 0 aliphatic carbocycles. The summed E-state index contributed by atoms with van der Waals surface area (Å²) in [6, 6.07) is 15.8. The molecule has 3 aromatic rings. The number of sulfonamides is 1. The van der Waals surface area contributed by atoms with Gasteiger partial charge in [0.2, 0.25) is 0 Å². The van der Waals surface area contributed by atoms with Gasteiger partial charge in [0.1, 0.15) is 35.9 Å². The van der Waals surface area contributed by atoms with E-state index in [-0.39, 0.29) is 11.3 Å². The lowest BCUT2D eigenvalue weighted by Gasteiger charge is -2.41. The van der Waals surface area contributed by atoms with Crippen LogP contribution in [-0.2, 0) is 19.5 Å². The summed E-state index contributed by atoms with van der Waals surface area (Å²) in [5, 5.41) is 45.4. The zero-order valence-electron chi connectivity index (χ0n) is 24.6. The molecule has 2 aliphatic rings. The first kappa shape index (κ1) is 32.1. The highest BCUT2D eigenvalue weighted by molar-refractivity contribution is 7.93. The molecule has 44 heavy (non-hydrogen) atoms. The van der Waals surface area contributed by atoms with Gasteiger partial charge in [-0.3, -0.25) is 4.90 Å². The smallest absolute Gasteiger partial charge is 0.251 e. The third-order valence-electron chi connectivity index (χ3n) is 8.14. The van der Waals surface area contributed by atoms with Crippen LogP contribution in [0.2, 0.25) is 0 Å². The van der Waals surface area contributed by atoms with Crippen molar-refractivity contribution in [3.63, 3.8) is 0 Å². The lowest BCUT2D eigenvalue weighted by Crippen LogP contribution is -2.63. The number of allylic oxidation sites excluding steroid dienone is 2. The largest absolute Gasteiger partial charge is 0.456 e. The molecule has 1 aromatic heterocycles. The van der Waals surface area contributed by atoms with Crippen LogP contribution in [0.1, 0.15) is 19.6 Å². The first-order valence-electron chi connectivity index (χ1n) is 14.6. The van der Waals surface area contributed by atoms with E-state index in [2.05, 4.69) is 21.0 Å². The normalized spacial score (nSPS) is 25.4. The van der Waals surface area contributed by atoms with Crippen LogP contribution >= 0.6 is 0 Å². The number of fused-ring (bicyclic) bond motifs is 1. The molecule has 0 bridgehead atoms. The van der Waals surface area contributed by atoms with E-state index in [0.29, 0.717) is 5.76 Å². The van der Waals surface area contributed by atoms with Crippen molar-refractivity contribution in [2.45, 2.75) is 44.3 Å². The number of nitriles is 1. The van der Waals surface area contributed by atoms with Gasteiger partial charge in [0, 0.05) is 43.0 Å². The monoisotopic (exact) mass is 626 g/mol. The number of nitrogens with one attached hydrogen (secondary N) is 2. The average molecular weight is 627 g/mol. The first-order valence-corrected chi connectivity index (χ1v) is 16.0. The van der Waals surface area contributed by atoms with Crippen molar-refractivity contribution in [1.82, 2.24) is 9.62 Å². The minimum atomic E-state index is -4.45. The molecule has 13 heteroatoms. The number of aliphatic hydroxyl groups excluding tert-OH is 3. The quantitative estimate of drug-likeness (QED) is 0.208. The fraction of sp³-hybridized carbons (Fsp3) is 0.452. The molecule has 1 unspecified atom stereocenters. The SMILES string of the molecule is C/C(=C(/C#N)S(=O)(=O)N[C@H]1C(C)O[C@H](CO)[C@@H](O)[C@@H]1O)c1ccc(-c2ccc3cc(NCCN4CCOCC4)ccc3c2)o1. The maximum atomic E-state index is 13.2. The van der Waals surface area contributed by atoms with Crippen molar-refractivity contribution >= 4 is 32.1 Å². The number of morpholine rings is 1. The van der Waals surface area contributed by atoms with Crippen LogP contribution in [0, 0.1) is 11.3 Å². The van der Waals surface area contributed by atoms with Crippen LogP contribution in [0.3, 0.4) is 0 Å². The summed E-state index contributed by atoms with van der Waals surface area (Å²) in [4.78, 5) is 1.78. The van der Waals surface area contributed by atoms with Crippen LogP contribution in [0.15, 0.2) is 57.9 Å². The van der Waals surface area contributed by atoms with Gasteiger partial charge in [0.05, 0.1) is 32.0 Å². The molecule has 2 aromatic carbocycles. The van der Waals surface area contributed by atoms with Crippen LogP contribution in [-0.4, -0.2) is 105 Å². The maximum Gasteiger partial charge on any atom is 0.251 e. The summed E-state index contributed by atoms with van der Waals surface area (Å²) in [7, 11) is -4.45. The van der Waals surface area contributed by atoms with Gasteiger partial charge in [-0.1, -0.05) is 18.2 Å². The third kappa shape index (κ3) is 6.98. The number of ether oxygens (including phenoxy) is 2. The van der Waals surface area contributed by atoms with E-state index in [0.717, 1.165) is 61.4 Å². The number of hydrogen-bond donors (Lipinski definition) is 5. The summed E-state index contributed by atoms with van der Waals surface area (Å²) in [6.07, 6.45) is -5.02. The van der Waals surface area contributed by atoms with Gasteiger partial charge >= 0.3 is 0 Å². The third-order valence-corrected chi connectivity index (χ3v) is 9.65. The molecular weight excluding hydrogens is 588 g/mol. The molecule has 12 nitrogen and oxygen atoms in total. The highest BCUT2D eigenvalue weighted by atomic mass is 32.2. The van der Waals surface area contributed by atoms with Crippen molar-refractivity contribution in [3.05, 3.63) is 59.2 Å². The Labute approximate surface area is 256 Å². The first-order chi connectivity index (χ1) is 21.1. The molecule has 5 N–H and O–H groups in total. The Morgan fingerprint density at radius 1 is 1.07 bits per heavy atom. The predicted molar refractivity (Wildman–Crippen MR) is 165 cm³/mol. The number of nitrogens with zero attached hydrogens (tertiary/aromatic N) is 2. The minimum absolute atomic E-state index is 0.0764. The number of furan rings is 1. The second-order valence-corrected chi connectivity index (χ2v) is 12.7. The molecule has 0 amide bonds. The molecule has 5 rings (SSSR count). The second kappa shape index (κ2) is 13.8. The molecular formula is C31H38N4O8S. The maximum absolute atomic E-state index is 13.2. The Morgan fingerprint density at radius 3 is 2.52 bits per heavy atom. The highest BCUT2D eigenvalue weighted by Crippen LogP contribution is 2.32. The van der Waals surface area contributed by atoms with E-state index < -0.39 is 52.0 Å². The molecule has 5 atom stereocenters. The summed E-state index contributed by atoms with van der Waals surface area (Å²) >= 11 is 0. The van der Waals surface area contributed by atoms with Gasteiger partial charge in [0.15, 0.2) is 4.91 Å². The Bertz CT molecular complexity index is 1640. The van der Waals surface area contributed by atoms with Crippen molar-refractivity contribution in [3.8, 4) is 17.4 Å². The molecule has 2 aliphatic heterocycles. The Balaban J connectivity index is 1.30. The molecule has 0 saturated carbocycles. The molecule has 0 radical (unpaired) electrons. The van der Waals surface area contributed by atoms with Gasteiger partial charge in [-0.25, -0.2) is 13.1 Å². The minimum Gasteiger partial charge on any atom is -0.456 e. The number of benzene rings is 2. The highest BCUT2D eigenvalue weighted by Gasteiger charge is 2.44. The van der Waals surface area contributed by atoms with Crippen LogP contribution < -0.4 is 10.0 Å². The number of hydrogen-bond acceptors (Lipinski definition) is 11. The second-order valence-electron chi connectivity index (χ2n) is 11.1. The number of rotatable bonds is 10. The van der Waals surface area contributed by atoms with Crippen LogP contribution in [0.5, 0.6) is 0 Å². The van der Waals surface area contributed by atoms with E-state index in [9.17, 15) is 29.0 Å². The van der Waals surface area contributed by atoms with Gasteiger partial charge in [-0.2, -0.15) is 5.26 Å². The zero-order chi connectivity index (χ0) is 31.4.